The molecule has 4 rings (SSSR count). The molecule has 0 saturated carbocycles. The topological polar surface area (TPSA) is 83.9 Å². The van der Waals surface area contributed by atoms with E-state index in [0.29, 0.717) is 42.8 Å². The predicted octanol–water partition coefficient (Wildman–Crippen LogP) is 3.03. The second kappa shape index (κ2) is 6.54. The number of carboxylic acids is 1. The van der Waals surface area contributed by atoms with E-state index in [1.807, 2.05) is 18.2 Å². The Morgan fingerprint density at radius 2 is 1.70 bits per heavy atom. The number of carbonyl (C=O) groups excluding carboxylic acids is 2. The molecule has 0 aromatic heterocycles. The molecule has 1 saturated heterocycles. The molecule has 2 aliphatic heterocycles. The van der Waals surface area contributed by atoms with Crippen molar-refractivity contribution in [3.63, 3.8) is 0 Å². The molecule has 1 spiro atoms. The Hall–Kier alpha value is -3.15. The summed E-state index contributed by atoms with van der Waals surface area (Å²) in [7, 11) is 0. The summed E-state index contributed by atoms with van der Waals surface area (Å²) in [4.78, 5) is 38.1. The molecule has 2 aliphatic rings. The first kappa shape index (κ1) is 17.3. The molecule has 2 aromatic rings. The van der Waals surface area contributed by atoms with E-state index in [-0.39, 0.29) is 23.7 Å². The lowest BCUT2D eigenvalue weighted by Crippen LogP contribution is -2.52. The minimum atomic E-state index is -1.07. The van der Waals surface area contributed by atoms with Gasteiger partial charge in [0.1, 0.15) is 11.4 Å². The van der Waals surface area contributed by atoms with Crippen molar-refractivity contribution in [2.24, 2.45) is 0 Å². The van der Waals surface area contributed by atoms with E-state index in [9.17, 15) is 14.4 Å². The lowest BCUT2D eigenvalue weighted by atomic mass is 9.82. The normalized spacial score (nSPS) is 17.9. The Bertz CT molecular complexity index is 913. The lowest BCUT2D eigenvalue weighted by molar-refractivity contribution is -0.00571. The van der Waals surface area contributed by atoms with Gasteiger partial charge >= 0.3 is 5.97 Å². The predicted molar refractivity (Wildman–Crippen MR) is 97.3 cm³/mol. The summed E-state index contributed by atoms with van der Waals surface area (Å²) in [6.45, 7) is 1.03. The number of amides is 1. The zero-order valence-corrected chi connectivity index (χ0v) is 14.7. The van der Waals surface area contributed by atoms with Crippen molar-refractivity contribution in [1.82, 2.24) is 4.90 Å². The maximum absolute atomic E-state index is 12.6. The van der Waals surface area contributed by atoms with Crippen molar-refractivity contribution in [3.05, 3.63) is 65.2 Å². The molecular formula is C21H19NO5. The van der Waals surface area contributed by atoms with Crippen molar-refractivity contribution < 1.29 is 24.2 Å². The van der Waals surface area contributed by atoms with Gasteiger partial charge in [0.15, 0.2) is 5.78 Å². The van der Waals surface area contributed by atoms with Gasteiger partial charge in [0, 0.05) is 31.5 Å². The van der Waals surface area contributed by atoms with Crippen LogP contribution in [0, 0.1) is 0 Å². The Kier molecular flexibility index (Phi) is 4.18. The molecule has 2 aromatic carbocycles. The average molecular weight is 365 g/mol. The van der Waals surface area contributed by atoms with Gasteiger partial charge in [-0.2, -0.15) is 0 Å². The summed E-state index contributed by atoms with van der Waals surface area (Å²) in [6.07, 6.45) is 1.34. The Morgan fingerprint density at radius 3 is 2.37 bits per heavy atom. The van der Waals surface area contributed by atoms with Crippen LogP contribution in [-0.2, 0) is 0 Å². The summed E-state index contributed by atoms with van der Waals surface area (Å²) in [5.74, 6) is -0.765. The fraction of sp³-hybridized carbons (Fsp3) is 0.286. The van der Waals surface area contributed by atoms with E-state index >= 15 is 0 Å². The van der Waals surface area contributed by atoms with E-state index < -0.39 is 11.6 Å². The minimum Gasteiger partial charge on any atom is -0.486 e. The third-order valence-corrected chi connectivity index (χ3v) is 5.32. The first-order valence-corrected chi connectivity index (χ1v) is 8.91. The van der Waals surface area contributed by atoms with E-state index in [1.165, 1.54) is 12.1 Å². The van der Waals surface area contributed by atoms with Gasteiger partial charge in [-0.15, -0.1) is 0 Å². The fourth-order valence-corrected chi connectivity index (χ4v) is 3.79. The SMILES string of the molecule is O=C(O)c1ccc2c(c1)C(=O)CC1(CCN(C(=O)c3ccccc3)CC1)O2. The molecule has 1 fully saturated rings. The maximum atomic E-state index is 12.6. The molecule has 2 heterocycles. The zero-order chi connectivity index (χ0) is 19.0. The molecule has 6 heteroatoms. The van der Waals surface area contributed by atoms with Crippen molar-refractivity contribution in [2.45, 2.75) is 24.9 Å². The number of piperidine rings is 1. The molecule has 1 N–H and O–H groups in total. The summed E-state index contributed by atoms with van der Waals surface area (Å²) >= 11 is 0. The van der Waals surface area contributed by atoms with E-state index in [4.69, 9.17) is 9.84 Å². The quantitative estimate of drug-likeness (QED) is 0.884. The van der Waals surface area contributed by atoms with Gasteiger partial charge in [0.25, 0.3) is 5.91 Å². The number of carbonyl (C=O) groups is 3. The molecule has 0 bridgehead atoms. The van der Waals surface area contributed by atoms with Gasteiger partial charge in [-0.3, -0.25) is 9.59 Å². The van der Waals surface area contributed by atoms with Gasteiger partial charge in [-0.05, 0) is 30.3 Å². The lowest BCUT2D eigenvalue weighted by Gasteiger charge is -2.44. The third-order valence-electron chi connectivity index (χ3n) is 5.32. The molecule has 0 atom stereocenters. The van der Waals surface area contributed by atoms with Crippen LogP contribution in [-0.4, -0.2) is 46.4 Å². The van der Waals surface area contributed by atoms with Gasteiger partial charge in [0.2, 0.25) is 0 Å². The van der Waals surface area contributed by atoms with Gasteiger partial charge in [-0.25, -0.2) is 4.79 Å². The number of benzene rings is 2. The number of Topliss-reactive ketones (excluding diaryl/α,β-unsaturated/α-hetero) is 1. The van der Waals surface area contributed by atoms with Crippen molar-refractivity contribution >= 4 is 17.7 Å². The molecule has 6 nitrogen and oxygen atoms in total. The first-order valence-electron chi connectivity index (χ1n) is 8.91. The summed E-state index contributed by atoms with van der Waals surface area (Å²) < 4.78 is 6.15. The number of ketones is 1. The Labute approximate surface area is 156 Å². The van der Waals surface area contributed by atoms with Crippen LogP contribution in [0.15, 0.2) is 48.5 Å². The minimum absolute atomic E-state index is 0.0147. The second-order valence-corrected chi connectivity index (χ2v) is 7.06. The highest BCUT2D eigenvalue weighted by Gasteiger charge is 2.43. The number of rotatable bonds is 2. The molecule has 27 heavy (non-hydrogen) atoms. The number of likely N-dealkylation sites (tertiary alicyclic amines) is 1. The van der Waals surface area contributed by atoms with Crippen LogP contribution >= 0.6 is 0 Å². The molecule has 138 valence electrons. The first-order chi connectivity index (χ1) is 13.0. The average Bonchev–Trinajstić information content (AvgIpc) is 2.68. The third kappa shape index (κ3) is 3.18. The fourth-order valence-electron chi connectivity index (χ4n) is 3.79. The summed E-state index contributed by atoms with van der Waals surface area (Å²) in [5, 5.41) is 9.10. The number of ether oxygens (including phenoxy) is 1. The molecule has 0 aliphatic carbocycles. The van der Waals surface area contributed by atoms with Crippen molar-refractivity contribution in [3.8, 4) is 5.75 Å². The highest BCUT2D eigenvalue weighted by atomic mass is 16.5. The number of aromatic carboxylic acids is 1. The van der Waals surface area contributed by atoms with Crippen LogP contribution < -0.4 is 4.74 Å². The molecule has 0 unspecified atom stereocenters. The molecule has 0 radical (unpaired) electrons. The number of fused-ring (bicyclic) bond motifs is 1. The van der Waals surface area contributed by atoms with Gasteiger partial charge in [-0.1, -0.05) is 18.2 Å². The Balaban J connectivity index is 1.50. The Morgan fingerprint density at radius 1 is 1.00 bits per heavy atom. The van der Waals surface area contributed by atoms with Crippen LogP contribution in [0.5, 0.6) is 5.75 Å². The van der Waals surface area contributed by atoms with Crippen LogP contribution in [0.3, 0.4) is 0 Å². The molecule has 1 amide bonds. The van der Waals surface area contributed by atoms with Crippen molar-refractivity contribution in [1.29, 1.82) is 0 Å². The summed E-state index contributed by atoms with van der Waals surface area (Å²) in [5.41, 5.74) is 0.427. The number of carboxylic acid groups (broad SMARTS) is 1. The standard InChI is InChI=1S/C21H19NO5/c23-17-13-21(27-18-7-6-15(20(25)26)12-16(17)18)8-10-22(11-9-21)19(24)14-4-2-1-3-5-14/h1-7,12H,8-11,13H2,(H,25,26). The van der Waals surface area contributed by atoms with Crippen LogP contribution in [0.4, 0.5) is 0 Å². The number of hydrogen-bond donors (Lipinski definition) is 1. The smallest absolute Gasteiger partial charge is 0.335 e. The molecular weight excluding hydrogens is 346 g/mol. The van der Waals surface area contributed by atoms with E-state index in [1.54, 1.807) is 23.1 Å². The maximum Gasteiger partial charge on any atom is 0.335 e. The second-order valence-electron chi connectivity index (χ2n) is 7.06. The van der Waals surface area contributed by atoms with E-state index in [2.05, 4.69) is 0 Å². The van der Waals surface area contributed by atoms with Crippen LogP contribution in [0.25, 0.3) is 0 Å². The largest absolute Gasteiger partial charge is 0.486 e. The zero-order valence-electron chi connectivity index (χ0n) is 14.7. The highest BCUT2D eigenvalue weighted by molar-refractivity contribution is 6.02. The van der Waals surface area contributed by atoms with Gasteiger partial charge in [0.05, 0.1) is 17.5 Å². The van der Waals surface area contributed by atoms with Crippen LogP contribution in [0.1, 0.15) is 50.3 Å². The number of nitrogens with zero attached hydrogens (tertiary/aromatic N) is 1. The van der Waals surface area contributed by atoms with Crippen molar-refractivity contribution in [2.75, 3.05) is 13.1 Å². The monoisotopic (exact) mass is 365 g/mol. The summed E-state index contributed by atoms with van der Waals surface area (Å²) in [6, 6.07) is 13.5. The highest BCUT2D eigenvalue weighted by Crippen LogP contribution is 2.39. The van der Waals surface area contributed by atoms with Crippen LogP contribution in [0.2, 0.25) is 0 Å². The van der Waals surface area contributed by atoms with E-state index in [0.717, 1.165) is 0 Å². The number of hydrogen-bond acceptors (Lipinski definition) is 4. The van der Waals surface area contributed by atoms with Gasteiger partial charge < -0.3 is 14.7 Å².